The first-order valence-corrected chi connectivity index (χ1v) is 11.7. The zero-order valence-corrected chi connectivity index (χ0v) is 20.3. The molecule has 1 atom stereocenters. The van der Waals surface area contributed by atoms with E-state index in [4.69, 9.17) is 4.99 Å². The molecule has 4 rings (SSSR count). The molecule has 0 bridgehead atoms. The van der Waals surface area contributed by atoms with Gasteiger partial charge in [0.1, 0.15) is 5.84 Å². The van der Waals surface area contributed by atoms with E-state index < -0.39 is 12.2 Å². The summed E-state index contributed by atoms with van der Waals surface area (Å²) in [5, 5.41) is 5.48. The molecule has 184 valence electrons. The number of benzene rings is 2. The molecule has 4 amide bonds. The third kappa shape index (κ3) is 5.27. The Morgan fingerprint density at radius 2 is 1.86 bits per heavy atom. The minimum atomic E-state index is -1.09. The Kier molecular flexibility index (Phi) is 7.31. The number of benzodiazepines with no additional fused rings is 1. The summed E-state index contributed by atoms with van der Waals surface area (Å²) in [7, 11) is 3.77. The number of rotatable bonds is 5. The van der Waals surface area contributed by atoms with Crippen LogP contribution in [0.4, 0.5) is 21.9 Å². The Bertz CT molecular complexity index is 1130. The lowest BCUT2D eigenvalue weighted by Gasteiger charge is -2.35. The van der Waals surface area contributed by atoms with E-state index in [1.807, 2.05) is 31.2 Å². The van der Waals surface area contributed by atoms with Crippen molar-refractivity contribution in [2.24, 2.45) is 4.99 Å². The number of carbonyl (C=O) groups is 3. The number of piperazine rings is 1. The molecule has 1 saturated heterocycles. The maximum Gasteiger partial charge on any atom is 0.321 e. The van der Waals surface area contributed by atoms with Crippen LogP contribution in [0.1, 0.15) is 12.5 Å². The zero-order valence-electron chi connectivity index (χ0n) is 20.3. The number of hydrogen-bond acceptors (Lipinski definition) is 6. The summed E-state index contributed by atoms with van der Waals surface area (Å²) in [5.41, 5.74) is 2.78. The second kappa shape index (κ2) is 10.6. The number of hydrogen-bond donors (Lipinski definition) is 2. The molecule has 2 N–H and O–H groups in total. The highest BCUT2D eigenvalue weighted by Gasteiger charge is 2.33. The number of urea groups is 1. The molecule has 0 radical (unpaired) electrons. The summed E-state index contributed by atoms with van der Waals surface area (Å²) in [6, 6.07) is 14.1. The highest BCUT2D eigenvalue weighted by atomic mass is 16.2. The number of anilines is 3. The number of para-hydroxylation sites is 1. The average Bonchev–Trinajstić information content (AvgIpc) is 2.96. The third-order valence-corrected chi connectivity index (χ3v) is 6.30. The number of amides is 4. The van der Waals surface area contributed by atoms with Crippen molar-refractivity contribution in [1.29, 1.82) is 0 Å². The number of amidine groups is 1. The monoisotopic (exact) mass is 477 g/mol. The lowest BCUT2D eigenvalue weighted by molar-refractivity contribution is -0.119. The van der Waals surface area contributed by atoms with Gasteiger partial charge in [-0.25, -0.2) is 9.79 Å². The predicted octanol–water partition coefficient (Wildman–Crippen LogP) is 1.79. The molecular formula is C25H31N7O3. The number of nitrogens with one attached hydrogen (secondary N) is 2. The van der Waals surface area contributed by atoms with Crippen LogP contribution in [0, 0.1) is 0 Å². The molecule has 2 aliphatic heterocycles. The first kappa shape index (κ1) is 24.2. The largest absolute Gasteiger partial charge is 0.354 e. The van der Waals surface area contributed by atoms with Crippen molar-refractivity contribution in [2.45, 2.75) is 13.1 Å². The Morgan fingerprint density at radius 1 is 1.11 bits per heavy atom. The Labute approximate surface area is 205 Å². The van der Waals surface area contributed by atoms with E-state index in [0.29, 0.717) is 23.8 Å². The maximum atomic E-state index is 13.3. The summed E-state index contributed by atoms with van der Waals surface area (Å²) in [4.78, 5) is 49.7. The number of nitrogens with zero attached hydrogens (tertiary/aromatic N) is 5. The molecule has 10 heteroatoms. The summed E-state index contributed by atoms with van der Waals surface area (Å²) in [6.45, 7) is 5.69. The van der Waals surface area contributed by atoms with Crippen LogP contribution in [0.15, 0.2) is 53.5 Å². The van der Waals surface area contributed by atoms with Gasteiger partial charge in [0.25, 0.3) is 5.91 Å². The zero-order chi connectivity index (χ0) is 24.9. The van der Waals surface area contributed by atoms with Gasteiger partial charge in [0.2, 0.25) is 12.6 Å². The van der Waals surface area contributed by atoms with E-state index in [2.05, 4.69) is 27.5 Å². The first-order chi connectivity index (χ1) is 16.9. The predicted molar refractivity (Wildman–Crippen MR) is 137 cm³/mol. The minimum absolute atomic E-state index is 0.330. The van der Waals surface area contributed by atoms with Crippen LogP contribution in [0.5, 0.6) is 0 Å². The van der Waals surface area contributed by atoms with Gasteiger partial charge in [0.15, 0.2) is 0 Å². The summed E-state index contributed by atoms with van der Waals surface area (Å²) in [6.07, 6.45) is -0.349. The normalized spacial score (nSPS) is 18.3. The fraction of sp³-hybridized carbons (Fsp3) is 0.360. The fourth-order valence-corrected chi connectivity index (χ4v) is 4.24. The van der Waals surface area contributed by atoms with Gasteiger partial charge in [-0.15, -0.1) is 0 Å². The van der Waals surface area contributed by atoms with Crippen molar-refractivity contribution in [3.8, 4) is 0 Å². The molecule has 2 aromatic carbocycles. The van der Waals surface area contributed by atoms with Crippen molar-refractivity contribution in [3.05, 3.63) is 54.1 Å². The van der Waals surface area contributed by atoms with Gasteiger partial charge in [-0.1, -0.05) is 18.2 Å². The summed E-state index contributed by atoms with van der Waals surface area (Å²) < 4.78 is 0. The molecule has 0 saturated carbocycles. The molecule has 0 aliphatic carbocycles. The molecule has 0 aromatic heterocycles. The van der Waals surface area contributed by atoms with E-state index in [1.54, 1.807) is 31.3 Å². The molecular weight excluding hydrogens is 446 g/mol. The molecule has 2 aromatic rings. The second-order valence-corrected chi connectivity index (χ2v) is 8.60. The van der Waals surface area contributed by atoms with Gasteiger partial charge < -0.3 is 30.2 Å². The standard InChI is InChI=1S/C25H31N7O3/c1-4-31(17-33)19-9-7-8-18(16-19)26-25(35)28-22-24(34)30(3)21-11-6-5-10-20(21)23(27-22)32-14-12-29(2)13-15-32/h5-11,16-17,22H,4,12-15H2,1-3H3,(H2,26,28,35)/t22-/m0/s1. The van der Waals surface area contributed by atoms with Crippen LogP contribution in [0.25, 0.3) is 0 Å². The summed E-state index contributed by atoms with van der Waals surface area (Å²) >= 11 is 0. The lowest BCUT2D eigenvalue weighted by atomic mass is 10.1. The van der Waals surface area contributed by atoms with Gasteiger partial charge in [-0.2, -0.15) is 0 Å². The van der Waals surface area contributed by atoms with E-state index in [0.717, 1.165) is 43.8 Å². The smallest absolute Gasteiger partial charge is 0.321 e. The van der Waals surface area contributed by atoms with Crippen molar-refractivity contribution in [1.82, 2.24) is 15.1 Å². The summed E-state index contributed by atoms with van der Waals surface area (Å²) in [5.74, 6) is 0.367. The van der Waals surface area contributed by atoms with Gasteiger partial charge in [0.05, 0.1) is 5.69 Å². The molecule has 2 aliphatic rings. The van der Waals surface area contributed by atoms with Crippen LogP contribution >= 0.6 is 0 Å². The van der Waals surface area contributed by atoms with Gasteiger partial charge in [0, 0.05) is 56.7 Å². The Balaban J connectivity index is 1.58. The topological polar surface area (TPSA) is 101 Å². The molecule has 0 spiro atoms. The van der Waals surface area contributed by atoms with Crippen LogP contribution in [-0.2, 0) is 9.59 Å². The highest BCUT2D eigenvalue weighted by molar-refractivity contribution is 6.12. The van der Waals surface area contributed by atoms with Crippen molar-refractivity contribution < 1.29 is 14.4 Å². The Hall–Kier alpha value is -3.92. The number of carbonyl (C=O) groups excluding carboxylic acids is 3. The van der Waals surface area contributed by atoms with Gasteiger partial charge >= 0.3 is 6.03 Å². The van der Waals surface area contributed by atoms with Crippen LogP contribution in [-0.4, -0.2) is 87.0 Å². The van der Waals surface area contributed by atoms with Crippen molar-refractivity contribution in [3.63, 3.8) is 0 Å². The van der Waals surface area contributed by atoms with Crippen molar-refractivity contribution in [2.75, 3.05) is 61.9 Å². The van der Waals surface area contributed by atoms with E-state index in [1.165, 1.54) is 9.80 Å². The molecule has 2 heterocycles. The van der Waals surface area contributed by atoms with E-state index in [9.17, 15) is 14.4 Å². The molecule has 1 fully saturated rings. The lowest BCUT2D eigenvalue weighted by Crippen LogP contribution is -2.49. The molecule has 0 unspecified atom stereocenters. The number of likely N-dealkylation sites (N-methyl/N-ethyl adjacent to an activating group) is 2. The fourth-order valence-electron chi connectivity index (χ4n) is 4.24. The van der Waals surface area contributed by atoms with Crippen LogP contribution in [0.3, 0.4) is 0 Å². The van der Waals surface area contributed by atoms with Crippen LogP contribution in [0.2, 0.25) is 0 Å². The molecule has 35 heavy (non-hydrogen) atoms. The van der Waals surface area contributed by atoms with Gasteiger partial charge in [-0.05, 0) is 44.3 Å². The van der Waals surface area contributed by atoms with Crippen LogP contribution < -0.4 is 20.4 Å². The minimum Gasteiger partial charge on any atom is -0.354 e. The third-order valence-electron chi connectivity index (χ3n) is 6.30. The second-order valence-electron chi connectivity index (χ2n) is 8.60. The maximum absolute atomic E-state index is 13.3. The Morgan fingerprint density at radius 3 is 2.57 bits per heavy atom. The average molecular weight is 478 g/mol. The quantitative estimate of drug-likeness (QED) is 0.640. The SMILES string of the molecule is CCN(C=O)c1cccc(NC(=O)N[C@@H]2N=C(N3CCN(C)CC3)c3ccccc3N(C)C2=O)c1. The molecule has 10 nitrogen and oxygen atoms in total. The van der Waals surface area contributed by atoms with E-state index >= 15 is 0 Å². The van der Waals surface area contributed by atoms with Gasteiger partial charge in [-0.3, -0.25) is 9.59 Å². The number of aliphatic imine (C=N–C) groups is 1. The highest BCUT2D eigenvalue weighted by Crippen LogP contribution is 2.26. The number of fused-ring (bicyclic) bond motifs is 1. The first-order valence-electron chi connectivity index (χ1n) is 11.7. The van der Waals surface area contributed by atoms with Crippen molar-refractivity contribution >= 4 is 41.2 Å². The van der Waals surface area contributed by atoms with E-state index in [-0.39, 0.29) is 5.91 Å².